The summed E-state index contributed by atoms with van der Waals surface area (Å²) < 4.78 is 5.10. The average Bonchev–Trinajstić information content (AvgIpc) is 2.87. The first-order chi connectivity index (χ1) is 16.5. The van der Waals surface area contributed by atoms with E-state index in [4.69, 9.17) is 4.74 Å². The number of esters is 1. The van der Waals surface area contributed by atoms with Crippen LogP contribution < -0.4 is 16.0 Å². The minimum absolute atomic E-state index is 0.0289. The van der Waals surface area contributed by atoms with Gasteiger partial charge in [0.2, 0.25) is 5.91 Å². The summed E-state index contributed by atoms with van der Waals surface area (Å²) in [5.41, 5.74) is 3.16. The van der Waals surface area contributed by atoms with Gasteiger partial charge in [0.15, 0.2) is 0 Å². The lowest BCUT2D eigenvalue weighted by Gasteiger charge is -2.15. The fourth-order valence-corrected chi connectivity index (χ4v) is 3.23. The van der Waals surface area contributed by atoms with Crippen molar-refractivity contribution >= 4 is 29.2 Å². The van der Waals surface area contributed by atoms with Crippen molar-refractivity contribution in [1.82, 2.24) is 5.32 Å². The van der Waals surface area contributed by atoms with Gasteiger partial charge in [0.1, 0.15) is 0 Å². The lowest BCUT2D eigenvalue weighted by molar-refractivity contribution is -0.114. The molecule has 3 N–H and O–H groups in total. The molecule has 7 heteroatoms. The molecule has 3 aromatic rings. The van der Waals surface area contributed by atoms with Crippen LogP contribution in [0.1, 0.15) is 52.6 Å². The van der Waals surface area contributed by atoms with Crippen molar-refractivity contribution < 1.29 is 19.1 Å². The molecule has 0 heterocycles. The van der Waals surface area contributed by atoms with Crippen LogP contribution in [0.5, 0.6) is 0 Å². The van der Waals surface area contributed by atoms with Gasteiger partial charge in [-0.25, -0.2) is 4.79 Å². The molecule has 1 unspecified atom stereocenters. The Bertz CT molecular complexity index is 1110. The Morgan fingerprint density at radius 1 is 0.853 bits per heavy atom. The fraction of sp³-hybridized carbons (Fsp3) is 0.222. The fourth-order valence-electron chi connectivity index (χ4n) is 3.23. The van der Waals surface area contributed by atoms with E-state index in [1.54, 1.807) is 48.5 Å². The predicted molar refractivity (Wildman–Crippen MR) is 133 cm³/mol. The molecule has 1 atom stereocenters. The van der Waals surface area contributed by atoms with E-state index >= 15 is 0 Å². The molecule has 0 fully saturated rings. The Kier molecular flexibility index (Phi) is 8.80. The number of rotatable bonds is 10. The summed E-state index contributed by atoms with van der Waals surface area (Å²) in [5.74, 6) is -0.849. The van der Waals surface area contributed by atoms with Gasteiger partial charge in [-0.3, -0.25) is 9.59 Å². The summed E-state index contributed by atoms with van der Waals surface area (Å²) in [7, 11) is 0. The monoisotopic (exact) mass is 459 g/mol. The smallest absolute Gasteiger partial charge is 0.338 e. The van der Waals surface area contributed by atoms with Crippen LogP contribution in [0.2, 0.25) is 0 Å². The highest BCUT2D eigenvalue weighted by atomic mass is 16.5. The Morgan fingerprint density at radius 3 is 2.29 bits per heavy atom. The zero-order chi connectivity index (χ0) is 24.3. The number of carbonyl (C=O) groups excluding carboxylic acids is 3. The standard InChI is InChI=1S/C27H29N3O4/c1-3-16-34-27(33)21-12-14-23(15-13-21)28-18-25(31)30-24-11-7-10-22(17-24)26(32)29-19(2)20-8-5-4-6-9-20/h4-15,17,19,28H,3,16,18H2,1-2H3,(H,29,32)(H,30,31). The molecule has 2 amide bonds. The van der Waals surface area contributed by atoms with Crippen LogP contribution in [-0.2, 0) is 9.53 Å². The molecule has 0 saturated carbocycles. The van der Waals surface area contributed by atoms with Gasteiger partial charge in [-0.2, -0.15) is 0 Å². The SMILES string of the molecule is CCCOC(=O)c1ccc(NCC(=O)Nc2cccc(C(=O)NC(C)c3ccccc3)c2)cc1. The molecular formula is C27H29N3O4. The summed E-state index contributed by atoms with van der Waals surface area (Å²) in [6, 6.07) is 23.1. The molecule has 0 aromatic heterocycles. The highest BCUT2D eigenvalue weighted by molar-refractivity contribution is 5.98. The maximum absolute atomic E-state index is 12.6. The first-order valence-corrected chi connectivity index (χ1v) is 11.2. The van der Waals surface area contributed by atoms with Gasteiger partial charge in [-0.1, -0.05) is 43.3 Å². The van der Waals surface area contributed by atoms with E-state index in [2.05, 4.69) is 16.0 Å². The molecular weight excluding hydrogens is 430 g/mol. The molecule has 3 rings (SSSR count). The van der Waals surface area contributed by atoms with Crippen LogP contribution in [0.4, 0.5) is 11.4 Å². The zero-order valence-corrected chi connectivity index (χ0v) is 19.3. The van der Waals surface area contributed by atoms with Gasteiger partial charge in [-0.15, -0.1) is 0 Å². The van der Waals surface area contributed by atoms with E-state index < -0.39 is 0 Å². The highest BCUT2D eigenvalue weighted by Crippen LogP contribution is 2.15. The molecule has 0 saturated heterocycles. The molecule has 3 aromatic carbocycles. The van der Waals surface area contributed by atoms with E-state index in [9.17, 15) is 14.4 Å². The van der Waals surface area contributed by atoms with E-state index in [0.29, 0.717) is 29.1 Å². The minimum atomic E-state index is -0.367. The number of benzene rings is 3. The lowest BCUT2D eigenvalue weighted by atomic mass is 10.1. The third kappa shape index (κ3) is 7.20. The average molecular weight is 460 g/mol. The summed E-state index contributed by atoms with van der Waals surface area (Å²) >= 11 is 0. The van der Waals surface area contributed by atoms with E-state index in [-0.39, 0.29) is 30.4 Å². The second-order valence-electron chi connectivity index (χ2n) is 7.80. The molecule has 0 radical (unpaired) electrons. The van der Waals surface area contributed by atoms with Gasteiger partial charge < -0.3 is 20.7 Å². The van der Waals surface area contributed by atoms with Crippen molar-refractivity contribution in [2.45, 2.75) is 26.3 Å². The van der Waals surface area contributed by atoms with Gasteiger partial charge in [0.05, 0.1) is 24.8 Å². The molecule has 0 aliphatic heterocycles. The van der Waals surface area contributed by atoms with Crippen LogP contribution in [0, 0.1) is 0 Å². The van der Waals surface area contributed by atoms with Crippen molar-refractivity contribution in [2.75, 3.05) is 23.8 Å². The Labute approximate surface area is 199 Å². The second-order valence-corrected chi connectivity index (χ2v) is 7.80. The van der Waals surface area contributed by atoms with Crippen molar-refractivity contribution in [3.05, 3.63) is 95.6 Å². The van der Waals surface area contributed by atoms with Gasteiger partial charge in [-0.05, 0) is 61.4 Å². The van der Waals surface area contributed by atoms with E-state index in [0.717, 1.165) is 12.0 Å². The van der Waals surface area contributed by atoms with Gasteiger partial charge in [0.25, 0.3) is 5.91 Å². The van der Waals surface area contributed by atoms with Gasteiger partial charge in [0, 0.05) is 16.9 Å². The minimum Gasteiger partial charge on any atom is -0.462 e. The van der Waals surface area contributed by atoms with Crippen molar-refractivity contribution in [3.8, 4) is 0 Å². The van der Waals surface area contributed by atoms with Crippen molar-refractivity contribution in [2.24, 2.45) is 0 Å². The molecule has 34 heavy (non-hydrogen) atoms. The summed E-state index contributed by atoms with van der Waals surface area (Å²) in [5, 5.41) is 8.77. The maximum Gasteiger partial charge on any atom is 0.338 e. The number of nitrogens with one attached hydrogen (secondary N) is 3. The quantitative estimate of drug-likeness (QED) is 0.379. The molecule has 0 aliphatic carbocycles. The maximum atomic E-state index is 12.6. The van der Waals surface area contributed by atoms with Crippen LogP contribution in [0.3, 0.4) is 0 Å². The molecule has 0 aliphatic rings. The Morgan fingerprint density at radius 2 is 1.59 bits per heavy atom. The Balaban J connectivity index is 1.51. The van der Waals surface area contributed by atoms with Crippen LogP contribution in [-0.4, -0.2) is 30.9 Å². The number of hydrogen-bond donors (Lipinski definition) is 3. The first kappa shape index (κ1) is 24.5. The highest BCUT2D eigenvalue weighted by Gasteiger charge is 2.12. The van der Waals surface area contributed by atoms with Crippen molar-refractivity contribution in [1.29, 1.82) is 0 Å². The number of hydrogen-bond acceptors (Lipinski definition) is 5. The number of carbonyl (C=O) groups is 3. The number of amides is 2. The van der Waals surface area contributed by atoms with Crippen LogP contribution in [0.15, 0.2) is 78.9 Å². The first-order valence-electron chi connectivity index (χ1n) is 11.2. The normalized spacial score (nSPS) is 11.2. The van der Waals surface area contributed by atoms with Crippen LogP contribution in [0.25, 0.3) is 0 Å². The molecule has 7 nitrogen and oxygen atoms in total. The van der Waals surface area contributed by atoms with Gasteiger partial charge >= 0.3 is 5.97 Å². The Hall–Kier alpha value is -4.13. The summed E-state index contributed by atoms with van der Waals surface area (Å²) in [6.07, 6.45) is 0.765. The lowest BCUT2D eigenvalue weighted by Crippen LogP contribution is -2.27. The predicted octanol–water partition coefficient (Wildman–Crippen LogP) is 4.80. The zero-order valence-electron chi connectivity index (χ0n) is 19.3. The largest absolute Gasteiger partial charge is 0.462 e. The molecule has 0 bridgehead atoms. The number of ether oxygens (including phenoxy) is 1. The topological polar surface area (TPSA) is 96.5 Å². The van der Waals surface area contributed by atoms with E-state index in [1.807, 2.05) is 44.2 Å². The second kappa shape index (κ2) is 12.2. The summed E-state index contributed by atoms with van der Waals surface area (Å²) in [6.45, 7) is 4.27. The molecule has 0 spiro atoms. The molecule has 176 valence electrons. The van der Waals surface area contributed by atoms with Crippen LogP contribution >= 0.6 is 0 Å². The van der Waals surface area contributed by atoms with E-state index in [1.165, 1.54) is 0 Å². The third-order valence-electron chi connectivity index (χ3n) is 5.07. The third-order valence-corrected chi connectivity index (χ3v) is 5.07. The summed E-state index contributed by atoms with van der Waals surface area (Å²) in [4.78, 5) is 36.9. The van der Waals surface area contributed by atoms with Crippen molar-refractivity contribution in [3.63, 3.8) is 0 Å². The number of anilines is 2.